The summed E-state index contributed by atoms with van der Waals surface area (Å²) in [5, 5.41) is 10.1. The molecule has 2 aromatic carbocycles. The van der Waals surface area contributed by atoms with Gasteiger partial charge in [0.1, 0.15) is 11.5 Å². The Labute approximate surface area is 131 Å². The minimum atomic E-state index is -0.539. The van der Waals surface area contributed by atoms with Crippen LogP contribution in [0.1, 0.15) is 49.5 Å². The molecule has 3 heteroatoms. The van der Waals surface area contributed by atoms with E-state index in [9.17, 15) is 5.11 Å². The van der Waals surface area contributed by atoms with Crippen LogP contribution in [0.3, 0.4) is 0 Å². The number of hydrogen-bond acceptors (Lipinski definition) is 2. The summed E-state index contributed by atoms with van der Waals surface area (Å²) in [4.78, 5) is 0. The van der Waals surface area contributed by atoms with E-state index in [1.165, 1.54) is 5.56 Å². The lowest BCUT2D eigenvalue weighted by Gasteiger charge is -2.14. The van der Waals surface area contributed by atoms with Crippen LogP contribution in [0.2, 0.25) is 5.02 Å². The fourth-order valence-electron chi connectivity index (χ4n) is 2.06. The van der Waals surface area contributed by atoms with Crippen LogP contribution in [0.4, 0.5) is 0 Å². The Bertz CT molecular complexity index is 633. The highest BCUT2D eigenvalue weighted by Gasteiger charge is 2.10. The van der Waals surface area contributed by atoms with Gasteiger partial charge in [-0.15, -0.1) is 0 Å². The molecule has 0 fully saturated rings. The predicted molar refractivity (Wildman–Crippen MR) is 87.4 cm³/mol. The van der Waals surface area contributed by atoms with Crippen LogP contribution < -0.4 is 4.74 Å². The third-order valence-corrected chi connectivity index (χ3v) is 3.83. The molecule has 2 nitrogen and oxygen atoms in total. The van der Waals surface area contributed by atoms with Gasteiger partial charge in [0.05, 0.1) is 11.1 Å². The van der Waals surface area contributed by atoms with Crippen molar-refractivity contribution in [3.05, 3.63) is 58.1 Å². The van der Waals surface area contributed by atoms with Crippen LogP contribution in [0.15, 0.2) is 36.4 Å². The van der Waals surface area contributed by atoms with Crippen molar-refractivity contribution >= 4 is 11.6 Å². The number of hydrogen-bond donors (Lipinski definition) is 1. The lowest BCUT2D eigenvalue weighted by atomic mass is 10.0. The molecular weight excluding hydrogens is 284 g/mol. The Morgan fingerprint density at radius 2 is 1.62 bits per heavy atom. The van der Waals surface area contributed by atoms with E-state index in [1.54, 1.807) is 19.1 Å². The number of aliphatic hydroxyl groups excluding tert-OH is 1. The summed E-state index contributed by atoms with van der Waals surface area (Å²) >= 11 is 6.24. The fraction of sp³-hybridized carbons (Fsp3) is 0.333. The van der Waals surface area contributed by atoms with Crippen molar-refractivity contribution in [1.82, 2.24) is 0 Å². The zero-order chi connectivity index (χ0) is 15.6. The average molecular weight is 305 g/mol. The standard InChI is InChI=1S/C18H21ClO2/c1-11(2)14-6-5-12(3)18(10-14)21-17-8-7-15(13(4)20)9-16(17)19/h5-11,13,20H,1-4H3. The molecule has 0 heterocycles. The maximum absolute atomic E-state index is 9.57. The zero-order valence-corrected chi connectivity index (χ0v) is 13.6. The average Bonchev–Trinajstić information content (AvgIpc) is 2.42. The van der Waals surface area contributed by atoms with Crippen molar-refractivity contribution in [2.75, 3.05) is 0 Å². The molecule has 2 aromatic rings. The summed E-state index contributed by atoms with van der Waals surface area (Å²) in [6.07, 6.45) is -0.539. The Hall–Kier alpha value is -1.51. The number of aryl methyl sites for hydroxylation is 1. The molecule has 0 bridgehead atoms. The molecule has 0 aliphatic rings. The molecule has 0 aromatic heterocycles. The molecule has 1 N–H and O–H groups in total. The second-order valence-electron chi connectivity index (χ2n) is 5.65. The molecule has 112 valence electrons. The lowest BCUT2D eigenvalue weighted by molar-refractivity contribution is 0.199. The SMILES string of the molecule is Cc1ccc(C(C)C)cc1Oc1ccc(C(C)O)cc1Cl. The first-order valence-electron chi connectivity index (χ1n) is 7.14. The molecule has 0 aliphatic heterocycles. The van der Waals surface area contributed by atoms with Crippen LogP contribution in [-0.2, 0) is 0 Å². The third-order valence-electron chi connectivity index (χ3n) is 3.54. The second kappa shape index (κ2) is 6.50. The summed E-state index contributed by atoms with van der Waals surface area (Å²) < 4.78 is 5.95. The molecule has 0 aliphatic carbocycles. The van der Waals surface area contributed by atoms with Gasteiger partial charge in [0.25, 0.3) is 0 Å². The van der Waals surface area contributed by atoms with Crippen molar-refractivity contribution < 1.29 is 9.84 Å². The Morgan fingerprint density at radius 1 is 0.952 bits per heavy atom. The highest BCUT2D eigenvalue weighted by molar-refractivity contribution is 6.32. The van der Waals surface area contributed by atoms with Crippen molar-refractivity contribution in [3.63, 3.8) is 0 Å². The van der Waals surface area contributed by atoms with E-state index in [0.29, 0.717) is 16.7 Å². The Kier molecular flexibility index (Phi) is 4.92. The first-order chi connectivity index (χ1) is 9.88. The highest BCUT2D eigenvalue weighted by Crippen LogP contribution is 2.34. The van der Waals surface area contributed by atoms with Crippen LogP contribution in [-0.4, -0.2) is 5.11 Å². The van der Waals surface area contributed by atoms with Gasteiger partial charge in [-0.25, -0.2) is 0 Å². The third kappa shape index (κ3) is 3.78. The summed E-state index contributed by atoms with van der Waals surface area (Å²) in [5.74, 6) is 1.86. The van der Waals surface area contributed by atoms with Gasteiger partial charge >= 0.3 is 0 Å². The smallest absolute Gasteiger partial charge is 0.146 e. The summed E-state index contributed by atoms with van der Waals surface area (Å²) in [7, 11) is 0. The summed E-state index contributed by atoms with van der Waals surface area (Å²) in [5.41, 5.74) is 3.07. The van der Waals surface area contributed by atoms with E-state index in [1.807, 2.05) is 13.0 Å². The van der Waals surface area contributed by atoms with Gasteiger partial charge in [0.2, 0.25) is 0 Å². The monoisotopic (exact) mass is 304 g/mol. The molecular formula is C18H21ClO2. The van der Waals surface area contributed by atoms with E-state index in [4.69, 9.17) is 16.3 Å². The molecule has 1 atom stereocenters. The largest absolute Gasteiger partial charge is 0.456 e. The van der Waals surface area contributed by atoms with E-state index >= 15 is 0 Å². The lowest BCUT2D eigenvalue weighted by Crippen LogP contribution is -1.95. The van der Waals surface area contributed by atoms with Crippen LogP contribution in [0, 0.1) is 6.92 Å². The molecule has 2 rings (SSSR count). The first kappa shape index (κ1) is 15.9. The van der Waals surface area contributed by atoms with Crippen LogP contribution in [0.25, 0.3) is 0 Å². The molecule has 0 saturated heterocycles. The Morgan fingerprint density at radius 3 is 2.19 bits per heavy atom. The minimum absolute atomic E-state index is 0.445. The number of aliphatic hydroxyl groups is 1. The molecule has 0 saturated carbocycles. The maximum atomic E-state index is 9.57. The number of rotatable bonds is 4. The van der Waals surface area contributed by atoms with Gasteiger partial charge in [-0.3, -0.25) is 0 Å². The highest BCUT2D eigenvalue weighted by atomic mass is 35.5. The fourth-order valence-corrected chi connectivity index (χ4v) is 2.29. The van der Waals surface area contributed by atoms with E-state index in [0.717, 1.165) is 16.9 Å². The minimum Gasteiger partial charge on any atom is -0.456 e. The molecule has 21 heavy (non-hydrogen) atoms. The summed E-state index contributed by atoms with van der Waals surface area (Å²) in [6, 6.07) is 11.6. The topological polar surface area (TPSA) is 29.5 Å². The number of halogens is 1. The number of benzene rings is 2. The molecule has 0 spiro atoms. The van der Waals surface area contributed by atoms with Crippen LogP contribution >= 0.6 is 11.6 Å². The maximum Gasteiger partial charge on any atom is 0.146 e. The van der Waals surface area contributed by atoms with E-state index in [-0.39, 0.29) is 0 Å². The van der Waals surface area contributed by atoms with Gasteiger partial charge in [-0.05, 0) is 54.7 Å². The van der Waals surface area contributed by atoms with Gasteiger partial charge in [-0.2, -0.15) is 0 Å². The van der Waals surface area contributed by atoms with Gasteiger partial charge in [0.15, 0.2) is 0 Å². The molecule has 0 radical (unpaired) electrons. The summed E-state index contributed by atoms with van der Waals surface area (Å²) in [6.45, 7) is 8.03. The van der Waals surface area contributed by atoms with Gasteiger partial charge < -0.3 is 9.84 Å². The van der Waals surface area contributed by atoms with Crippen molar-refractivity contribution in [2.24, 2.45) is 0 Å². The van der Waals surface area contributed by atoms with Crippen LogP contribution in [0.5, 0.6) is 11.5 Å². The first-order valence-corrected chi connectivity index (χ1v) is 7.52. The molecule has 0 amide bonds. The second-order valence-corrected chi connectivity index (χ2v) is 6.05. The van der Waals surface area contributed by atoms with Crippen molar-refractivity contribution in [2.45, 2.75) is 39.7 Å². The van der Waals surface area contributed by atoms with Gasteiger partial charge in [0, 0.05) is 0 Å². The van der Waals surface area contributed by atoms with Gasteiger partial charge in [-0.1, -0.05) is 43.6 Å². The van der Waals surface area contributed by atoms with E-state index in [2.05, 4.69) is 32.0 Å². The van der Waals surface area contributed by atoms with Crippen molar-refractivity contribution in [3.8, 4) is 11.5 Å². The van der Waals surface area contributed by atoms with Crippen molar-refractivity contribution in [1.29, 1.82) is 0 Å². The Balaban J connectivity index is 2.32. The molecule has 1 unspecified atom stereocenters. The zero-order valence-electron chi connectivity index (χ0n) is 12.9. The predicted octanol–water partition coefficient (Wildman–Crippen LogP) is 5.62. The van der Waals surface area contributed by atoms with E-state index < -0.39 is 6.10 Å². The number of ether oxygens (including phenoxy) is 1. The quantitative estimate of drug-likeness (QED) is 0.794. The normalized spacial score (nSPS) is 12.5.